The van der Waals surface area contributed by atoms with Gasteiger partial charge in [-0.25, -0.2) is 0 Å². The van der Waals surface area contributed by atoms with Crippen LogP contribution in [0.15, 0.2) is 0 Å². The average molecular weight is 274 g/mol. The second-order valence-corrected chi connectivity index (χ2v) is 4.97. The highest BCUT2D eigenvalue weighted by molar-refractivity contribution is 8.14. The summed E-state index contributed by atoms with van der Waals surface area (Å²) >= 11 is 1.12. The minimum Gasteiger partial charge on any atom is -0.469 e. The van der Waals surface area contributed by atoms with Gasteiger partial charge in [0.25, 0.3) is 5.24 Å². The predicted molar refractivity (Wildman–Crippen MR) is 68.3 cm³/mol. The first-order valence-corrected chi connectivity index (χ1v) is 6.90. The van der Waals surface area contributed by atoms with Gasteiger partial charge in [-0.3, -0.25) is 14.4 Å². The van der Waals surface area contributed by atoms with Crippen LogP contribution in [0.25, 0.3) is 0 Å². The van der Waals surface area contributed by atoms with Crippen molar-refractivity contribution in [3.8, 4) is 0 Å². The SMILES string of the molecule is COC(=O)CCCCCNC(=O)C1CSC(=O)N1. The number of carbonyl (C=O) groups is 3. The van der Waals surface area contributed by atoms with Crippen LogP contribution in [0.4, 0.5) is 4.79 Å². The van der Waals surface area contributed by atoms with Crippen LogP contribution in [-0.4, -0.2) is 42.6 Å². The van der Waals surface area contributed by atoms with Gasteiger partial charge >= 0.3 is 5.97 Å². The molecule has 7 heteroatoms. The third kappa shape index (κ3) is 5.39. The number of hydrogen-bond donors (Lipinski definition) is 2. The Morgan fingerprint density at radius 2 is 2.22 bits per heavy atom. The quantitative estimate of drug-likeness (QED) is 0.526. The van der Waals surface area contributed by atoms with E-state index in [2.05, 4.69) is 15.4 Å². The molecule has 102 valence electrons. The molecule has 1 heterocycles. The number of unbranched alkanes of at least 4 members (excludes halogenated alkanes) is 2. The van der Waals surface area contributed by atoms with Gasteiger partial charge in [-0.05, 0) is 12.8 Å². The van der Waals surface area contributed by atoms with Gasteiger partial charge in [-0.15, -0.1) is 0 Å². The molecular weight excluding hydrogens is 256 g/mol. The number of carbonyl (C=O) groups excluding carboxylic acids is 3. The molecule has 0 bridgehead atoms. The fourth-order valence-corrected chi connectivity index (χ4v) is 2.31. The van der Waals surface area contributed by atoms with Crippen molar-refractivity contribution in [3.05, 3.63) is 0 Å². The molecule has 0 aromatic heterocycles. The topological polar surface area (TPSA) is 84.5 Å². The van der Waals surface area contributed by atoms with E-state index in [0.29, 0.717) is 18.7 Å². The second-order valence-electron chi connectivity index (χ2n) is 3.97. The molecule has 0 aromatic carbocycles. The highest BCUT2D eigenvalue weighted by atomic mass is 32.2. The first kappa shape index (κ1) is 14.8. The van der Waals surface area contributed by atoms with Crippen LogP contribution in [-0.2, 0) is 14.3 Å². The van der Waals surface area contributed by atoms with Crippen molar-refractivity contribution in [2.75, 3.05) is 19.4 Å². The first-order valence-electron chi connectivity index (χ1n) is 5.91. The van der Waals surface area contributed by atoms with Gasteiger partial charge in [-0.1, -0.05) is 18.2 Å². The van der Waals surface area contributed by atoms with Crippen LogP contribution < -0.4 is 10.6 Å². The zero-order valence-electron chi connectivity index (χ0n) is 10.4. The molecule has 1 aliphatic heterocycles. The van der Waals surface area contributed by atoms with Gasteiger partial charge in [0.1, 0.15) is 6.04 Å². The number of rotatable bonds is 7. The van der Waals surface area contributed by atoms with Crippen molar-refractivity contribution in [3.63, 3.8) is 0 Å². The Morgan fingerprint density at radius 1 is 1.44 bits per heavy atom. The normalized spacial score (nSPS) is 18.3. The molecule has 0 aliphatic carbocycles. The first-order chi connectivity index (χ1) is 8.63. The monoisotopic (exact) mass is 274 g/mol. The van der Waals surface area contributed by atoms with E-state index >= 15 is 0 Å². The molecule has 6 nitrogen and oxygen atoms in total. The molecule has 18 heavy (non-hydrogen) atoms. The lowest BCUT2D eigenvalue weighted by atomic mass is 10.2. The van der Waals surface area contributed by atoms with E-state index in [-0.39, 0.29) is 17.1 Å². The summed E-state index contributed by atoms with van der Waals surface area (Å²) < 4.78 is 4.52. The Labute approximate surface area is 110 Å². The minimum atomic E-state index is -0.405. The lowest BCUT2D eigenvalue weighted by Gasteiger charge is -2.09. The fourth-order valence-electron chi connectivity index (χ4n) is 1.53. The zero-order chi connectivity index (χ0) is 13.4. The van der Waals surface area contributed by atoms with E-state index in [4.69, 9.17) is 0 Å². The van der Waals surface area contributed by atoms with Crippen LogP contribution in [0.1, 0.15) is 25.7 Å². The van der Waals surface area contributed by atoms with Crippen molar-refractivity contribution >= 4 is 28.9 Å². The number of methoxy groups -OCH3 is 1. The molecule has 0 spiro atoms. The fraction of sp³-hybridized carbons (Fsp3) is 0.727. The Bertz CT molecular complexity index is 322. The van der Waals surface area contributed by atoms with E-state index in [1.165, 1.54) is 7.11 Å². The number of ether oxygens (including phenoxy) is 1. The molecule has 1 unspecified atom stereocenters. The molecule has 2 N–H and O–H groups in total. The molecule has 1 saturated heterocycles. The number of amides is 2. The molecule has 0 saturated carbocycles. The highest BCUT2D eigenvalue weighted by Gasteiger charge is 2.27. The minimum absolute atomic E-state index is 0.138. The zero-order valence-corrected chi connectivity index (χ0v) is 11.2. The number of hydrogen-bond acceptors (Lipinski definition) is 5. The predicted octanol–water partition coefficient (Wildman–Crippen LogP) is 0.661. The second kappa shape index (κ2) is 7.97. The van der Waals surface area contributed by atoms with E-state index in [9.17, 15) is 14.4 Å². The van der Waals surface area contributed by atoms with Crippen LogP contribution in [0.5, 0.6) is 0 Å². The maximum Gasteiger partial charge on any atom is 0.305 e. The summed E-state index contributed by atoms with van der Waals surface area (Å²) in [6.07, 6.45) is 2.86. The van der Waals surface area contributed by atoms with E-state index in [1.807, 2.05) is 0 Å². The highest BCUT2D eigenvalue weighted by Crippen LogP contribution is 2.12. The maximum absolute atomic E-state index is 11.6. The van der Waals surface area contributed by atoms with Crippen molar-refractivity contribution < 1.29 is 19.1 Å². The van der Waals surface area contributed by atoms with E-state index < -0.39 is 6.04 Å². The van der Waals surface area contributed by atoms with Crippen LogP contribution in [0.2, 0.25) is 0 Å². The van der Waals surface area contributed by atoms with Crippen molar-refractivity contribution in [1.82, 2.24) is 10.6 Å². The van der Waals surface area contributed by atoms with Crippen LogP contribution in [0, 0.1) is 0 Å². The van der Waals surface area contributed by atoms with E-state index in [1.54, 1.807) is 0 Å². The lowest BCUT2D eigenvalue weighted by molar-refractivity contribution is -0.140. The third-order valence-corrected chi connectivity index (χ3v) is 3.45. The molecule has 0 radical (unpaired) electrons. The summed E-state index contributed by atoms with van der Waals surface area (Å²) in [6.45, 7) is 0.567. The lowest BCUT2D eigenvalue weighted by Crippen LogP contribution is -2.43. The van der Waals surface area contributed by atoms with Gasteiger partial charge < -0.3 is 15.4 Å². The summed E-state index contributed by atoms with van der Waals surface area (Å²) in [5.41, 5.74) is 0. The van der Waals surface area contributed by atoms with Crippen molar-refractivity contribution in [2.24, 2.45) is 0 Å². The molecule has 1 atom stereocenters. The summed E-state index contributed by atoms with van der Waals surface area (Å²) in [5.74, 6) is 0.151. The van der Waals surface area contributed by atoms with Gasteiger partial charge in [0.2, 0.25) is 5.91 Å². The van der Waals surface area contributed by atoms with Crippen molar-refractivity contribution in [2.45, 2.75) is 31.7 Å². The Morgan fingerprint density at radius 3 is 2.83 bits per heavy atom. The Kier molecular flexibility index (Phi) is 6.56. The number of nitrogens with one attached hydrogen (secondary N) is 2. The molecule has 0 aromatic rings. The van der Waals surface area contributed by atoms with Gasteiger partial charge in [0.15, 0.2) is 0 Å². The molecule has 1 fully saturated rings. The standard InChI is InChI=1S/C11H18N2O4S/c1-17-9(14)5-3-2-4-6-12-10(15)8-7-18-11(16)13-8/h8H,2-7H2,1H3,(H,12,15)(H,13,16). The molecule has 1 aliphatic rings. The average Bonchev–Trinajstić information content (AvgIpc) is 2.79. The molecule has 1 rings (SSSR count). The summed E-state index contributed by atoms with van der Waals surface area (Å²) in [5, 5.41) is 5.20. The van der Waals surface area contributed by atoms with Gasteiger partial charge in [0, 0.05) is 18.7 Å². The molecular formula is C11H18N2O4S. The number of esters is 1. The van der Waals surface area contributed by atoms with Crippen LogP contribution >= 0.6 is 11.8 Å². The Balaban J connectivity index is 1.99. The largest absolute Gasteiger partial charge is 0.469 e. The summed E-state index contributed by atoms with van der Waals surface area (Å²) in [7, 11) is 1.37. The molecule has 2 amide bonds. The van der Waals surface area contributed by atoms with Crippen molar-refractivity contribution in [1.29, 1.82) is 0 Å². The van der Waals surface area contributed by atoms with Gasteiger partial charge in [0.05, 0.1) is 7.11 Å². The third-order valence-electron chi connectivity index (χ3n) is 2.57. The maximum atomic E-state index is 11.6. The van der Waals surface area contributed by atoms with Gasteiger partial charge in [-0.2, -0.15) is 0 Å². The summed E-state index contributed by atoms with van der Waals surface area (Å²) in [6, 6.07) is -0.405. The van der Waals surface area contributed by atoms with Crippen LogP contribution in [0.3, 0.4) is 0 Å². The smallest absolute Gasteiger partial charge is 0.305 e. The van der Waals surface area contributed by atoms with E-state index in [0.717, 1.165) is 31.0 Å². The summed E-state index contributed by atoms with van der Waals surface area (Å²) in [4.78, 5) is 33.3. The Hall–Kier alpha value is -1.24. The number of thioether (sulfide) groups is 1.